The van der Waals surface area contributed by atoms with Crippen LogP contribution in [0.15, 0.2) is 91.0 Å². The molecule has 0 amide bonds. The van der Waals surface area contributed by atoms with Crippen LogP contribution in [0, 0.1) is 0 Å². The van der Waals surface area contributed by atoms with Crippen LogP contribution < -0.4 is 11.1 Å². The van der Waals surface area contributed by atoms with Crippen molar-refractivity contribution in [2.75, 3.05) is 0 Å². The second kappa shape index (κ2) is 10.4. The molecule has 2 nitrogen and oxygen atoms in total. The van der Waals surface area contributed by atoms with Gasteiger partial charge >= 0.3 is 0 Å². The van der Waals surface area contributed by atoms with E-state index in [-0.39, 0.29) is 6.04 Å². The molecule has 24 heavy (non-hydrogen) atoms. The molecule has 1 unspecified atom stereocenters. The molecule has 0 bridgehead atoms. The lowest BCUT2D eigenvalue weighted by molar-refractivity contribution is 0.693. The molecule has 0 aliphatic rings. The molecule has 0 aliphatic heterocycles. The van der Waals surface area contributed by atoms with Gasteiger partial charge in [-0.1, -0.05) is 91.0 Å². The lowest BCUT2D eigenvalue weighted by Gasteiger charge is -2.04. The third-order valence-corrected chi connectivity index (χ3v) is 3.67. The first kappa shape index (κ1) is 17.9. The van der Waals surface area contributed by atoms with Crippen molar-refractivity contribution in [1.82, 2.24) is 5.32 Å². The van der Waals surface area contributed by atoms with E-state index in [0.29, 0.717) is 0 Å². The topological polar surface area (TPSA) is 38.0 Å². The summed E-state index contributed by atoms with van der Waals surface area (Å²) in [7, 11) is 0. The molecule has 3 aromatic carbocycles. The average molecular weight is 318 g/mol. The second-order valence-corrected chi connectivity index (χ2v) is 5.77. The van der Waals surface area contributed by atoms with Gasteiger partial charge in [0.1, 0.15) is 0 Å². The maximum atomic E-state index is 5.61. The second-order valence-electron chi connectivity index (χ2n) is 5.77. The van der Waals surface area contributed by atoms with E-state index in [9.17, 15) is 0 Å². The highest BCUT2D eigenvalue weighted by molar-refractivity contribution is 5.17. The van der Waals surface area contributed by atoms with Crippen LogP contribution in [0.3, 0.4) is 0 Å². The molecule has 0 fully saturated rings. The van der Waals surface area contributed by atoms with Crippen molar-refractivity contribution in [1.29, 1.82) is 0 Å². The number of rotatable bonds is 5. The molecule has 0 aromatic heterocycles. The van der Waals surface area contributed by atoms with E-state index in [1.165, 1.54) is 16.7 Å². The molecule has 3 rings (SSSR count). The Morgan fingerprint density at radius 1 is 0.667 bits per heavy atom. The molecular weight excluding hydrogens is 292 g/mol. The van der Waals surface area contributed by atoms with Gasteiger partial charge in [-0.2, -0.15) is 0 Å². The molecule has 0 saturated heterocycles. The SMILES string of the molecule is CC(N)c1ccccc1.c1ccc(CNCc2ccccc2)cc1. The average Bonchev–Trinajstić information content (AvgIpc) is 2.65. The monoisotopic (exact) mass is 318 g/mol. The van der Waals surface area contributed by atoms with Crippen molar-refractivity contribution in [3.63, 3.8) is 0 Å². The van der Waals surface area contributed by atoms with Gasteiger partial charge < -0.3 is 11.1 Å². The van der Waals surface area contributed by atoms with Gasteiger partial charge in [0.05, 0.1) is 0 Å². The summed E-state index contributed by atoms with van der Waals surface area (Å²) in [6.07, 6.45) is 0. The molecule has 1 atom stereocenters. The van der Waals surface area contributed by atoms with E-state index in [2.05, 4.69) is 53.8 Å². The van der Waals surface area contributed by atoms with Crippen LogP contribution in [0.5, 0.6) is 0 Å². The molecule has 2 heteroatoms. The minimum Gasteiger partial charge on any atom is -0.324 e. The predicted molar refractivity (Wildman–Crippen MR) is 102 cm³/mol. The number of nitrogens with two attached hydrogens (primary N) is 1. The number of hydrogen-bond donors (Lipinski definition) is 2. The summed E-state index contributed by atoms with van der Waals surface area (Å²) in [6.45, 7) is 3.83. The molecule has 0 spiro atoms. The van der Waals surface area contributed by atoms with Gasteiger partial charge in [-0.25, -0.2) is 0 Å². The number of benzene rings is 3. The number of nitrogens with one attached hydrogen (secondary N) is 1. The fraction of sp³-hybridized carbons (Fsp3) is 0.182. The Labute approximate surface area is 145 Å². The molecule has 0 heterocycles. The quantitative estimate of drug-likeness (QED) is 0.716. The van der Waals surface area contributed by atoms with E-state index in [1.807, 2.05) is 49.4 Å². The predicted octanol–water partition coefficient (Wildman–Crippen LogP) is 4.68. The Kier molecular flexibility index (Phi) is 7.75. The summed E-state index contributed by atoms with van der Waals surface area (Å²) >= 11 is 0. The maximum Gasteiger partial charge on any atom is 0.0266 e. The Hall–Kier alpha value is -2.42. The zero-order valence-corrected chi connectivity index (χ0v) is 14.2. The minimum atomic E-state index is 0.159. The first-order chi connectivity index (χ1) is 11.8. The normalized spacial score (nSPS) is 11.2. The molecular formula is C22H26N2. The first-order valence-corrected chi connectivity index (χ1v) is 8.35. The van der Waals surface area contributed by atoms with Crippen molar-refractivity contribution >= 4 is 0 Å². The van der Waals surface area contributed by atoms with E-state index in [0.717, 1.165) is 13.1 Å². The van der Waals surface area contributed by atoms with Gasteiger partial charge in [0.15, 0.2) is 0 Å². The standard InChI is InChI=1S/C14H15N.C8H11N/c1-3-7-13(8-4-1)11-15-12-14-9-5-2-6-10-14;1-7(9)8-5-3-2-4-6-8/h1-10,15H,11-12H2;2-7H,9H2,1H3. The lowest BCUT2D eigenvalue weighted by Crippen LogP contribution is -2.12. The Morgan fingerprint density at radius 3 is 1.38 bits per heavy atom. The molecule has 0 radical (unpaired) electrons. The van der Waals surface area contributed by atoms with E-state index >= 15 is 0 Å². The van der Waals surface area contributed by atoms with Crippen molar-refractivity contribution in [2.24, 2.45) is 5.73 Å². The Bertz CT molecular complexity index is 625. The van der Waals surface area contributed by atoms with Gasteiger partial charge in [0.2, 0.25) is 0 Å². The van der Waals surface area contributed by atoms with Crippen LogP contribution in [-0.4, -0.2) is 0 Å². The first-order valence-electron chi connectivity index (χ1n) is 8.35. The zero-order chi connectivity index (χ0) is 17.0. The fourth-order valence-corrected chi connectivity index (χ4v) is 2.30. The van der Waals surface area contributed by atoms with Gasteiger partial charge in [-0.05, 0) is 23.6 Å². The lowest BCUT2D eigenvalue weighted by atomic mass is 10.1. The maximum absolute atomic E-state index is 5.61. The van der Waals surface area contributed by atoms with Gasteiger partial charge in [-0.15, -0.1) is 0 Å². The summed E-state index contributed by atoms with van der Waals surface area (Å²) in [5.74, 6) is 0. The van der Waals surface area contributed by atoms with Crippen LogP contribution in [0.2, 0.25) is 0 Å². The molecule has 3 N–H and O–H groups in total. The van der Waals surface area contributed by atoms with Crippen LogP contribution in [0.1, 0.15) is 29.7 Å². The van der Waals surface area contributed by atoms with Gasteiger partial charge in [-0.3, -0.25) is 0 Å². The Balaban J connectivity index is 0.000000198. The van der Waals surface area contributed by atoms with E-state index in [1.54, 1.807) is 0 Å². The highest BCUT2D eigenvalue weighted by atomic mass is 14.8. The van der Waals surface area contributed by atoms with Gasteiger partial charge in [0.25, 0.3) is 0 Å². The highest BCUT2D eigenvalue weighted by Gasteiger charge is 1.93. The minimum absolute atomic E-state index is 0.159. The van der Waals surface area contributed by atoms with Crippen molar-refractivity contribution in [3.05, 3.63) is 108 Å². The van der Waals surface area contributed by atoms with Crippen LogP contribution in [0.25, 0.3) is 0 Å². The van der Waals surface area contributed by atoms with Crippen LogP contribution in [-0.2, 0) is 13.1 Å². The van der Waals surface area contributed by atoms with Crippen LogP contribution in [0.4, 0.5) is 0 Å². The molecule has 124 valence electrons. The number of hydrogen-bond acceptors (Lipinski definition) is 2. The summed E-state index contributed by atoms with van der Waals surface area (Å²) in [5.41, 5.74) is 9.46. The van der Waals surface area contributed by atoms with Crippen molar-refractivity contribution in [3.8, 4) is 0 Å². The van der Waals surface area contributed by atoms with Crippen molar-refractivity contribution in [2.45, 2.75) is 26.1 Å². The fourth-order valence-electron chi connectivity index (χ4n) is 2.30. The summed E-state index contributed by atoms with van der Waals surface area (Å²) in [6, 6.07) is 31.1. The van der Waals surface area contributed by atoms with E-state index < -0.39 is 0 Å². The van der Waals surface area contributed by atoms with E-state index in [4.69, 9.17) is 5.73 Å². The molecule has 3 aromatic rings. The van der Waals surface area contributed by atoms with Gasteiger partial charge in [0, 0.05) is 19.1 Å². The largest absolute Gasteiger partial charge is 0.324 e. The van der Waals surface area contributed by atoms with Crippen LogP contribution >= 0.6 is 0 Å². The summed E-state index contributed by atoms with van der Waals surface area (Å²) in [4.78, 5) is 0. The summed E-state index contributed by atoms with van der Waals surface area (Å²) < 4.78 is 0. The Morgan fingerprint density at radius 2 is 1.04 bits per heavy atom. The third kappa shape index (κ3) is 6.78. The van der Waals surface area contributed by atoms with Crippen molar-refractivity contribution < 1.29 is 0 Å². The highest BCUT2D eigenvalue weighted by Crippen LogP contribution is 2.06. The zero-order valence-electron chi connectivity index (χ0n) is 14.2. The smallest absolute Gasteiger partial charge is 0.0266 e. The summed E-state index contributed by atoms with van der Waals surface area (Å²) in [5, 5.41) is 3.42. The third-order valence-electron chi connectivity index (χ3n) is 3.67. The molecule has 0 aliphatic carbocycles. The molecule has 0 saturated carbocycles.